The number of carbonyl (C=O) groups excluding carboxylic acids is 1. The van der Waals surface area contributed by atoms with Crippen LogP contribution < -0.4 is 0 Å². The number of nitrogens with one attached hydrogen (secondary N) is 1. The van der Waals surface area contributed by atoms with Crippen LogP contribution in [0.5, 0.6) is 0 Å². The molecule has 3 atom stereocenters. The van der Waals surface area contributed by atoms with Crippen LogP contribution in [0, 0.1) is 5.41 Å². The van der Waals surface area contributed by atoms with Crippen molar-refractivity contribution in [2.24, 2.45) is 5.41 Å². The minimum Gasteiger partial charge on any atom is -0.396 e. The monoisotopic (exact) mass is 408 g/mol. The van der Waals surface area contributed by atoms with Crippen molar-refractivity contribution in [1.82, 2.24) is 9.88 Å². The van der Waals surface area contributed by atoms with E-state index in [1.807, 2.05) is 48.5 Å². The molecule has 3 aromatic rings. The summed E-state index contributed by atoms with van der Waals surface area (Å²) in [7, 11) is 0. The molecular formula is C24H25ClN2O2. The molecule has 5 rings (SSSR count). The van der Waals surface area contributed by atoms with Crippen molar-refractivity contribution in [1.29, 1.82) is 0 Å². The van der Waals surface area contributed by atoms with E-state index in [4.69, 9.17) is 11.6 Å². The van der Waals surface area contributed by atoms with Gasteiger partial charge < -0.3 is 15.0 Å². The molecule has 150 valence electrons. The third-order valence-corrected chi connectivity index (χ3v) is 7.38. The number of aliphatic hydroxyl groups excluding tert-OH is 1. The van der Waals surface area contributed by atoms with Gasteiger partial charge in [0.25, 0.3) is 5.91 Å². The molecular weight excluding hydrogens is 384 g/mol. The number of hydrogen-bond acceptors (Lipinski definition) is 2. The SMILES string of the molecule is CC[C@@]1(CO)C[C@@H]2CC[C@H]1N2C(=O)c1[nH]c2ccc(Cl)cc2c1-c1ccccc1. The van der Waals surface area contributed by atoms with E-state index in [0.717, 1.165) is 47.7 Å². The molecule has 4 nitrogen and oxygen atoms in total. The Balaban J connectivity index is 1.65. The van der Waals surface area contributed by atoms with E-state index in [2.05, 4.69) is 16.8 Å². The average Bonchev–Trinajstić information content (AvgIpc) is 3.43. The van der Waals surface area contributed by atoms with Gasteiger partial charge in [-0.25, -0.2) is 0 Å². The maximum atomic E-state index is 13.9. The minimum atomic E-state index is -0.166. The first-order valence-corrected chi connectivity index (χ1v) is 10.8. The van der Waals surface area contributed by atoms with Gasteiger partial charge in [0.1, 0.15) is 5.69 Å². The number of carbonyl (C=O) groups is 1. The van der Waals surface area contributed by atoms with Crippen molar-refractivity contribution in [3.63, 3.8) is 0 Å². The molecule has 0 unspecified atom stereocenters. The van der Waals surface area contributed by atoms with Crippen LogP contribution in [0.25, 0.3) is 22.0 Å². The van der Waals surface area contributed by atoms with E-state index in [0.29, 0.717) is 10.7 Å². The molecule has 3 heterocycles. The van der Waals surface area contributed by atoms with Crippen molar-refractivity contribution >= 4 is 28.4 Å². The number of aromatic amines is 1. The summed E-state index contributed by atoms with van der Waals surface area (Å²) in [6, 6.07) is 16.0. The first-order chi connectivity index (χ1) is 14.1. The van der Waals surface area contributed by atoms with Crippen molar-refractivity contribution in [2.75, 3.05) is 6.61 Å². The number of fused-ring (bicyclic) bond motifs is 3. The molecule has 2 aromatic carbocycles. The van der Waals surface area contributed by atoms with Crippen molar-refractivity contribution in [3.05, 3.63) is 59.2 Å². The molecule has 0 aliphatic carbocycles. The van der Waals surface area contributed by atoms with E-state index in [1.165, 1.54) is 0 Å². The van der Waals surface area contributed by atoms with Crippen LogP contribution >= 0.6 is 11.6 Å². The molecule has 2 aliphatic rings. The summed E-state index contributed by atoms with van der Waals surface area (Å²) in [5.41, 5.74) is 3.27. The highest BCUT2D eigenvalue weighted by molar-refractivity contribution is 6.31. The van der Waals surface area contributed by atoms with E-state index < -0.39 is 0 Å². The number of H-pyrrole nitrogens is 1. The minimum absolute atomic E-state index is 0.0347. The second kappa shape index (κ2) is 6.89. The molecule has 29 heavy (non-hydrogen) atoms. The van der Waals surface area contributed by atoms with Gasteiger partial charge in [-0.05, 0) is 49.4 Å². The Morgan fingerprint density at radius 1 is 1.24 bits per heavy atom. The highest BCUT2D eigenvalue weighted by Crippen LogP contribution is 2.52. The van der Waals surface area contributed by atoms with Crippen LogP contribution in [-0.2, 0) is 0 Å². The highest BCUT2D eigenvalue weighted by Gasteiger charge is 2.56. The second-order valence-corrected chi connectivity index (χ2v) is 8.90. The van der Waals surface area contributed by atoms with Gasteiger partial charge in [-0.2, -0.15) is 0 Å². The Bertz CT molecular complexity index is 1070. The highest BCUT2D eigenvalue weighted by atomic mass is 35.5. The fourth-order valence-corrected chi connectivity index (χ4v) is 5.79. The smallest absolute Gasteiger partial charge is 0.271 e. The third-order valence-electron chi connectivity index (χ3n) is 7.14. The lowest BCUT2D eigenvalue weighted by atomic mass is 9.72. The molecule has 2 fully saturated rings. The van der Waals surface area contributed by atoms with Crippen LogP contribution in [0.15, 0.2) is 48.5 Å². The molecule has 2 saturated heterocycles. The first kappa shape index (κ1) is 18.7. The Morgan fingerprint density at radius 3 is 2.72 bits per heavy atom. The number of halogens is 1. The lowest BCUT2D eigenvalue weighted by Crippen LogP contribution is -2.42. The van der Waals surface area contributed by atoms with Crippen LogP contribution in [0.4, 0.5) is 0 Å². The second-order valence-electron chi connectivity index (χ2n) is 8.47. The predicted molar refractivity (Wildman–Crippen MR) is 116 cm³/mol. The molecule has 2 bridgehead atoms. The van der Waals surface area contributed by atoms with Crippen LogP contribution in [0.1, 0.15) is 43.1 Å². The predicted octanol–water partition coefficient (Wildman–Crippen LogP) is 5.25. The van der Waals surface area contributed by atoms with Gasteiger partial charge >= 0.3 is 0 Å². The van der Waals surface area contributed by atoms with Gasteiger partial charge in [-0.3, -0.25) is 4.79 Å². The van der Waals surface area contributed by atoms with Crippen molar-refractivity contribution in [2.45, 2.75) is 44.7 Å². The van der Waals surface area contributed by atoms with Gasteiger partial charge in [0.2, 0.25) is 0 Å². The van der Waals surface area contributed by atoms with Gasteiger partial charge in [0, 0.05) is 39.0 Å². The zero-order valence-corrected chi connectivity index (χ0v) is 17.2. The summed E-state index contributed by atoms with van der Waals surface area (Å²) in [6.45, 7) is 2.27. The van der Waals surface area contributed by atoms with Crippen LogP contribution in [-0.4, -0.2) is 39.6 Å². The largest absolute Gasteiger partial charge is 0.396 e. The van der Waals surface area contributed by atoms with E-state index >= 15 is 0 Å². The van der Waals surface area contributed by atoms with Gasteiger partial charge in [0.05, 0.1) is 6.61 Å². The van der Waals surface area contributed by atoms with Crippen LogP contribution in [0.2, 0.25) is 5.02 Å². The van der Waals surface area contributed by atoms with Gasteiger partial charge in [-0.1, -0.05) is 48.9 Å². The van der Waals surface area contributed by atoms with Gasteiger partial charge in [-0.15, -0.1) is 0 Å². The number of amides is 1. The summed E-state index contributed by atoms with van der Waals surface area (Å²) in [5, 5.41) is 11.7. The third kappa shape index (κ3) is 2.73. The summed E-state index contributed by atoms with van der Waals surface area (Å²) >= 11 is 6.29. The number of nitrogens with zero attached hydrogens (tertiary/aromatic N) is 1. The summed E-state index contributed by atoms with van der Waals surface area (Å²) in [5.74, 6) is 0.0347. The van der Waals surface area contributed by atoms with Crippen LogP contribution in [0.3, 0.4) is 0 Å². The summed E-state index contributed by atoms with van der Waals surface area (Å²) in [6.07, 6.45) is 3.77. The zero-order valence-electron chi connectivity index (χ0n) is 16.5. The van der Waals surface area contributed by atoms with Crippen molar-refractivity contribution < 1.29 is 9.90 Å². The first-order valence-electron chi connectivity index (χ1n) is 10.4. The lowest BCUT2D eigenvalue weighted by molar-refractivity contribution is 0.0554. The fourth-order valence-electron chi connectivity index (χ4n) is 5.62. The van der Waals surface area contributed by atoms with Gasteiger partial charge in [0.15, 0.2) is 0 Å². The Kier molecular flexibility index (Phi) is 4.45. The maximum Gasteiger partial charge on any atom is 0.271 e. The Labute approximate surface area is 175 Å². The topological polar surface area (TPSA) is 56.3 Å². The number of hydrogen-bond donors (Lipinski definition) is 2. The number of rotatable bonds is 4. The Hall–Kier alpha value is -2.30. The molecule has 0 spiro atoms. The number of aromatic nitrogens is 1. The van der Waals surface area contributed by atoms with E-state index in [-0.39, 0.29) is 30.0 Å². The maximum absolute atomic E-state index is 13.9. The number of benzene rings is 2. The quantitative estimate of drug-likeness (QED) is 0.619. The molecule has 2 N–H and O–H groups in total. The number of aliphatic hydroxyl groups is 1. The van der Waals surface area contributed by atoms with E-state index in [9.17, 15) is 9.90 Å². The molecule has 1 aromatic heterocycles. The Morgan fingerprint density at radius 2 is 2.03 bits per heavy atom. The standard InChI is InChI=1S/C24H25ClN2O2/c1-2-24(14-28)13-17-9-11-20(24)27(17)23(29)22-21(15-6-4-3-5-7-15)18-12-16(25)8-10-19(18)26-22/h3-8,10,12,17,20,26,28H,2,9,11,13-14H2,1H3/t17-,20+,24-/m0/s1. The van der Waals surface area contributed by atoms with E-state index in [1.54, 1.807) is 0 Å². The summed E-state index contributed by atoms with van der Waals surface area (Å²) < 4.78 is 0. The molecule has 2 aliphatic heterocycles. The average molecular weight is 409 g/mol. The molecule has 0 saturated carbocycles. The summed E-state index contributed by atoms with van der Waals surface area (Å²) in [4.78, 5) is 19.3. The molecule has 0 radical (unpaired) electrons. The molecule has 5 heteroatoms. The van der Waals surface area contributed by atoms with Crippen molar-refractivity contribution in [3.8, 4) is 11.1 Å². The fraction of sp³-hybridized carbons (Fsp3) is 0.375. The lowest BCUT2D eigenvalue weighted by Gasteiger charge is -2.34. The normalized spacial score (nSPS) is 25.8. The molecule has 1 amide bonds. The zero-order chi connectivity index (χ0) is 20.2.